The molecule has 1 heterocycles. The molecule has 5 N–H and O–H groups in total. The number of benzene rings is 2. The zero-order valence-corrected chi connectivity index (χ0v) is 26.7. The number of nitrogens with zero attached hydrogens (tertiary/aromatic N) is 4. The number of anilines is 2. The highest BCUT2D eigenvalue weighted by Crippen LogP contribution is 2.37. The third kappa shape index (κ3) is 9.80. The van der Waals surface area contributed by atoms with E-state index in [0.717, 1.165) is 18.2 Å². The van der Waals surface area contributed by atoms with Gasteiger partial charge in [0.25, 0.3) is 11.4 Å². The second kappa shape index (κ2) is 17.1. The van der Waals surface area contributed by atoms with Gasteiger partial charge >= 0.3 is 5.97 Å². The summed E-state index contributed by atoms with van der Waals surface area (Å²) < 4.78 is 10.9. The molecule has 0 unspecified atom stereocenters. The van der Waals surface area contributed by atoms with Crippen LogP contribution >= 0.6 is 0 Å². The van der Waals surface area contributed by atoms with E-state index >= 15 is 0 Å². The van der Waals surface area contributed by atoms with Crippen molar-refractivity contribution in [3.05, 3.63) is 67.8 Å². The number of primary amides is 1. The molecule has 17 nitrogen and oxygen atoms in total. The molecule has 0 spiro atoms. The van der Waals surface area contributed by atoms with Crippen molar-refractivity contribution >= 4 is 40.5 Å². The Morgan fingerprint density at radius 3 is 1.98 bits per heavy atom. The van der Waals surface area contributed by atoms with Crippen LogP contribution in [0, 0.1) is 38.0 Å². The van der Waals surface area contributed by atoms with Crippen LogP contribution in [0.15, 0.2) is 36.4 Å². The predicted molar refractivity (Wildman–Crippen MR) is 175 cm³/mol. The normalized spacial score (nSPS) is 13.0. The van der Waals surface area contributed by atoms with E-state index in [-0.39, 0.29) is 65.5 Å². The Morgan fingerprint density at radius 2 is 1.48 bits per heavy atom. The summed E-state index contributed by atoms with van der Waals surface area (Å²) in [7, 11) is 1.25. The molecule has 0 saturated carbocycles. The number of nitro benzene ring substituents is 2. The third-order valence-electron chi connectivity index (χ3n) is 7.17. The van der Waals surface area contributed by atoms with Crippen LogP contribution < -0.4 is 25.8 Å². The fourth-order valence-electron chi connectivity index (χ4n) is 4.70. The van der Waals surface area contributed by atoms with Gasteiger partial charge in [0.1, 0.15) is 12.4 Å². The highest BCUT2D eigenvalue weighted by molar-refractivity contribution is 5.95. The van der Waals surface area contributed by atoms with Crippen molar-refractivity contribution in [1.29, 1.82) is 0 Å². The molecule has 256 valence electrons. The largest absolute Gasteiger partial charge is 0.494 e. The summed E-state index contributed by atoms with van der Waals surface area (Å²) in [6, 6.07) is 4.38. The quantitative estimate of drug-likeness (QED) is 0.0927. The van der Waals surface area contributed by atoms with Crippen LogP contribution in [0.1, 0.15) is 34.6 Å². The van der Waals surface area contributed by atoms with Gasteiger partial charge in [-0.1, -0.05) is 37.8 Å². The summed E-state index contributed by atoms with van der Waals surface area (Å²) in [6.45, 7) is 6.73. The lowest BCUT2D eigenvalue weighted by Gasteiger charge is -2.34. The van der Waals surface area contributed by atoms with Crippen LogP contribution in [-0.2, 0) is 4.79 Å². The third-order valence-corrected chi connectivity index (χ3v) is 7.17. The van der Waals surface area contributed by atoms with E-state index in [4.69, 9.17) is 15.2 Å². The lowest BCUT2D eigenvalue weighted by molar-refractivity contribution is -0.384. The van der Waals surface area contributed by atoms with Gasteiger partial charge in [-0.05, 0) is 12.1 Å². The zero-order chi connectivity index (χ0) is 35.4. The molecule has 1 aliphatic heterocycles. The van der Waals surface area contributed by atoms with Gasteiger partial charge in [0.05, 0.1) is 29.1 Å². The maximum atomic E-state index is 12.2. The number of nitro groups is 2. The van der Waals surface area contributed by atoms with Crippen molar-refractivity contribution in [2.24, 2.45) is 11.7 Å². The first kappa shape index (κ1) is 36.6. The summed E-state index contributed by atoms with van der Waals surface area (Å²) in [5, 5.41) is 38.4. The minimum atomic E-state index is -1.35. The first-order chi connectivity index (χ1) is 22.8. The summed E-state index contributed by atoms with van der Waals surface area (Å²) in [5.41, 5.74) is 3.96. The number of ether oxygens (including phenoxy) is 2. The molecule has 1 aliphatic rings. The average molecular weight is 668 g/mol. The first-order valence-electron chi connectivity index (χ1n) is 14.8. The van der Waals surface area contributed by atoms with Crippen LogP contribution in [0.4, 0.5) is 22.7 Å². The number of carboxylic acid groups (broad SMARTS) is 1. The highest BCUT2D eigenvalue weighted by Gasteiger charge is 2.25. The van der Waals surface area contributed by atoms with E-state index in [9.17, 15) is 39.7 Å². The maximum Gasteiger partial charge on any atom is 0.336 e. The van der Waals surface area contributed by atoms with Crippen molar-refractivity contribution in [3.63, 3.8) is 0 Å². The van der Waals surface area contributed by atoms with Crippen molar-refractivity contribution in [3.8, 4) is 23.3 Å². The van der Waals surface area contributed by atoms with Gasteiger partial charge in [-0.25, -0.2) is 4.79 Å². The predicted octanol–water partition coefficient (Wildman–Crippen LogP) is 2.57. The second-order valence-electron chi connectivity index (χ2n) is 10.8. The van der Waals surface area contributed by atoms with Crippen molar-refractivity contribution < 1.29 is 38.8 Å². The number of amides is 2. The Bertz CT molecular complexity index is 1640. The average Bonchev–Trinajstić information content (AvgIpc) is 3.05. The molecule has 2 amide bonds. The molecule has 0 aliphatic carbocycles. The number of carbonyl (C=O) groups is 3. The summed E-state index contributed by atoms with van der Waals surface area (Å²) >= 11 is 0. The lowest BCUT2D eigenvalue weighted by atomic mass is 10.1. The van der Waals surface area contributed by atoms with E-state index in [1.807, 2.05) is 18.7 Å². The van der Waals surface area contributed by atoms with Crippen LogP contribution in [-0.4, -0.2) is 102 Å². The molecule has 1 saturated heterocycles. The molecular weight excluding hydrogens is 630 g/mol. The van der Waals surface area contributed by atoms with Crippen LogP contribution in [0.25, 0.3) is 0 Å². The molecular formula is C31H37N7O10. The molecule has 3 rings (SSSR count). The van der Waals surface area contributed by atoms with Crippen LogP contribution in [0.5, 0.6) is 11.5 Å². The number of methoxy groups -OCH3 is 1. The number of hydrogen-bond acceptors (Lipinski definition) is 12. The fraction of sp³-hybridized carbons (Fsp3) is 0.387. The van der Waals surface area contributed by atoms with Gasteiger partial charge < -0.3 is 35.8 Å². The zero-order valence-electron chi connectivity index (χ0n) is 26.7. The second-order valence-corrected chi connectivity index (χ2v) is 10.8. The van der Waals surface area contributed by atoms with E-state index in [2.05, 4.69) is 27.4 Å². The Kier molecular flexibility index (Phi) is 13.1. The number of nitrogens with one attached hydrogen (secondary N) is 2. The minimum Gasteiger partial charge on any atom is -0.494 e. The molecule has 48 heavy (non-hydrogen) atoms. The molecule has 2 aromatic rings. The van der Waals surface area contributed by atoms with Gasteiger partial charge in [-0.15, -0.1) is 0 Å². The van der Waals surface area contributed by atoms with E-state index in [1.165, 1.54) is 13.2 Å². The summed E-state index contributed by atoms with van der Waals surface area (Å²) in [4.78, 5) is 61.3. The number of nitrogens with two attached hydrogens (primary N) is 1. The van der Waals surface area contributed by atoms with Crippen molar-refractivity contribution in [2.45, 2.75) is 13.8 Å². The molecule has 1 fully saturated rings. The Balaban J connectivity index is 1.66. The number of carboxylic acids is 1. The fourth-order valence-corrected chi connectivity index (χ4v) is 4.70. The van der Waals surface area contributed by atoms with Crippen molar-refractivity contribution in [1.82, 2.24) is 9.80 Å². The molecule has 2 aromatic carbocycles. The van der Waals surface area contributed by atoms with Gasteiger partial charge in [0, 0.05) is 62.9 Å². The Hall–Kier alpha value is -5.89. The highest BCUT2D eigenvalue weighted by atomic mass is 16.6. The monoisotopic (exact) mass is 667 g/mol. The molecule has 0 bridgehead atoms. The Morgan fingerprint density at radius 1 is 0.938 bits per heavy atom. The first-order valence-corrected chi connectivity index (χ1v) is 14.8. The number of carbonyl (C=O) groups excluding carboxylic acids is 2. The summed E-state index contributed by atoms with van der Waals surface area (Å²) in [6.07, 6.45) is 3.16. The number of hydrogen-bond donors (Lipinski definition) is 4. The number of rotatable bonds is 15. The molecule has 0 radical (unpaired) electrons. The molecule has 0 aromatic heterocycles. The van der Waals surface area contributed by atoms with Gasteiger partial charge in [-0.3, -0.25) is 34.7 Å². The van der Waals surface area contributed by atoms with Crippen LogP contribution in [0.2, 0.25) is 0 Å². The molecule has 17 heteroatoms. The number of piperazine rings is 1. The lowest BCUT2D eigenvalue weighted by Crippen LogP contribution is -2.49. The molecule has 0 atom stereocenters. The smallest absolute Gasteiger partial charge is 0.336 e. The minimum absolute atomic E-state index is 0.0153. The van der Waals surface area contributed by atoms with E-state index in [0.29, 0.717) is 32.7 Å². The SMILES string of the molecule is COc1cc(C(=O)O)cc([N+](=O)[O-])c1NC/C=C/CNc1c(OCC#CCN2CCN(C(=O)C(C)C)CC2)cc(C(N)=O)cc1[N+](=O)[O-]. The summed E-state index contributed by atoms with van der Waals surface area (Å²) in [5.74, 6) is 3.63. The van der Waals surface area contributed by atoms with Crippen LogP contribution in [0.3, 0.4) is 0 Å². The van der Waals surface area contributed by atoms with E-state index in [1.54, 1.807) is 12.2 Å². The Labute approximate surface area is 275 Å². The van der Waals surface area contributed by atoms with Gasteiger partial charge in [-0.2, -0.15) is 0 Å². The van der Waals surface area contributed by atoms with Crippen molar-refractivity contribution in [2.75, 3.05) is 70.2 Å². The van der Waals surface area contributed by atoms with Gasteiger partial charge in [0.15, 0.2) is 17.1 Å². The standard InChI is InChI=1S/C31H37N7O10/c1-20(2)30(40)36-13-11-35(12-14-36)10-6-7-15-48-26-18-21(29(32)39)16-23(37(43)44)28(26)34-9-5-4-8-33-27-24(38(45)46)17-22(31(41)42)19-25(27)47-3/h4-5,16-20,33-34H,8-15H2,1-3H3,(H2,32,39)(H,41,42)/b5-4+. The number of aromatic carboxylic acids is 1. The maximum absolute atomic E-state index is 12.2. The van der Waals surface area contributed by atoms with E-state index < -0.39 is 33.1 Å². The topological polar surface area (TPSA) is 233 Å². The van der Waals surface area contributed by atoms with Gasteiger partial charge in [0.2, 0.25) is 11.8 Å².